The molecule has 3 nitrogen and oxygen atoms in total. The maximum Gasteiger partial charge on any atom is 0.141 e. The van der Waals surface area contributed by atoms with Crippen molar-refractivity contribution in [3.05, 3.63) is 24.5 Å². The highest BCUT2D eigenvalue weighted by Gasteiger charge is 2.01. The summed E-state index contributed by atoms with van der Waals surface area (Å²) in [4.78, 5) is 4.27. The van der Waals surface area contributed by atoms with Crippen LogP contribution in [0.25, 0.3) is 11.0 Å². The van der Waals surface area contributed by atoms with Gasteiger partial charge in [0.15, 0.2) is 0 Å². The van der Waals surface area contributed by atoms with Crippen LogP contribution in [0.1, 0.15) is 0 Å². The summed E-state index contributed by atoms with van der Waals surface area (Å²) in [6.07, 6.45) is 3.83. The molecule has 2 rings (SSSR count). The molecule has 0 saturated heterocycles. The summed E-state index contributed by atoms with van der Waals surface area (Å²) in [5.74, 6) is 0. The summed E-state index contributed by atoms with van der Waals surface area (Å²) in [5.41, 5.74) is 2.14. The summed E-state index contributed by atoms with van der Waals surface area (Å²) in [6, 6.07) is 4.04. The molecule has 0 aliphatic heterocycles. The van der Waals surface area contributed by atoms with E-state index in [1.807, 2.05) is 37.1 Å². The highest BCUT2D eigenvalue weighted by molar-refractivity contribution is 5.89. The smallest absolute Gasteiger partial charge is 0.141 e. The van der Waals surface area contributed by atoms with E-state index >= 15 is 0 Å². The highest BCUT2D eigenvalue weighted by atomic mass is 15.0. The standard InChI is InChI=1S/C9H11N3/c1-10-8-3-5-11-9-7(8)4-6-12(9)2/h3-6H,1-2H3,(H,10,11). The Hall–Kier alpha value is -1.51. The molecular formula is C9H11N3. The lowest BCUT2D eigenvalue weighted by atomic mass is 10.3. The van der Waals surface area contributed by atoms with Gasteiger partial charge in [0.2, 0.25) is 0 Å². The Morgan fingerprint density at radius 2 is 2.25 bits per heavy atom. The van der Waals surface area contributed by atoms with Crippen molar-refractivity contribution in [2.45, 2.75) is 0 Å². The van der Waals surface area contributed by atoms with E-state index in [4.69, 9.17) is 0 Å². The molecule has 2 aromatic rings. The quantitative estimate of drug-likeness (QED) is 0.688. The average Bonchev–Trinajstić information content (AvgIpc) is 2.48. The summed E-state index contributed by atoms with van der Waals surface area (Å²) in [6.45, 7) is 0. The number of aryl methyl sites for hydroxylation is 1. The van der Waals surface area contributed by atoms with Crippen molar-refractivity contribution in [2.75, 3.05) is 12.4 Å². The van der Waals surface area contributed by atoms with Crippen LogP contribution in [0.15, 0.2) is 24.5 Å². The number of aromatic nitrogens is 2. The molecule has 12 heavy (non-hydrogen) atoms. The van der Waals surface area contributed by atoms with Gasteiger partial charge in [-0.2, -0.15) is 0 Å². The third kappa shape index (κ3) is 0.863. The molecule has 0 aliphatic rings. The Kier molecular flexibility index (Phi) is 1.50. The predicted octanol–water partition coefficient (Wildman–Crippen LogP) is 1.61. The molecular weight excluding hydrogens is 150 g/mol. The van der Waals surface area contributed by atoms with Crippen LogP contribution < -0.4 is 5.32 Å². The SMILES string of the molecule is CNc1ccnc2c1ccn2C. The lowest BCUT2D eigenvalue weighted by Gasteiger charge is -2.01. The van der Waals surface area contributed by atoms with Gasteiger partial charge in [0.1, 0.15) is 5.65 Å². The molecule has 0 spiro atoms. The van der Waals surface area contributed by atoms with Crippen molar-refractivity contribution in [1.29, 1.82) is 0 Å². The van der Waals surface area contributed by atoms with Gasteiger partial charge in [-0.05, 0) is 12.1 Å². The minimum Gasteiger partial charge on any atom is -0.387 e. The summed E-state index contributed by atoms with van der Waals surface area (Å²) >= 11 is 0. The number of hydrogen-bond donors (Lipinski definition) is 1. The van der Waals surface area contributed by atoms with Gasteiger partial charge in [-0.25, -0.2) is 4.98 Å². The molecule has 0 radical (unpaired) electrons. The van der Waals surface area contributed by atoms with Gasteiger partial charge in [-0.3, -0.25) is 0 Å². The minimum absolute atomic E-state index is 1.02. The Balaban J connectivity index is 2.81. The van der Waals surface area contributed by atoms with Crippen LogP contribution in [0.4, 0.5) is 5.69 Å². The number of rotatable bonds is 1. The van der Waals surface area contributed by atoms with Gasteiger partial charge in [0, 0.05) is 37.6 Å². The van der Waals surface area contributed by atoms with Gasteiger partial charge in [-0.1, -0.05) is 0 Å². The molecule has 62 valence electrons. The molecule has 2 aromatic heterocycles. The van der Waals surface area contributed by atoms with E-state index in [1.54, 1.807) is 0 Å². The zero-order valence-electron chi connectivity index (χ0n) is 7.20. The van der Waals surface area contributed by atoms with Crippen LogP contribution in [0, 0.1) is 0 Å². The molecule has 1 N–H and O–H groups in total. The van der Waals surface area contributed by atoms with E-state index in [1.165, 1.54) is 5.39 Å². The van der Waals surface area contributed by atoms with E-state index in [0.717, 1.165) is 11.3 Å². The highest BCUT2D eigenvalue weighted by Crippen LogP contribution is 2.20. The largest absolute Gasteiger partial charge is 0.387 e. The first kappa shape index (κ1) is 7.16. The first-order chi connectivity index (χ1) is 5.83. The normalized spacial score (nSPS) is 10.5. The summed E-state index contributed by atoms with van der Waals surface area (Å²) in [7, 11) is 3.91. The van der Waals surface area contributed by atoms with E-state index in [2.05, 4.69) is 16.4 Å². The second kappa shape index (κ2) is 2.52. The topological polar surface area (TPSA) is 29.9 Å². The fourth-order valence-corrected chi connectivity index (χ4v) is 1.38. The Morgan fingerprint density at radius 1 is 1.42 bits per heavy atom. The fraction of sp³-hybridized carbons (Fsp3) is 0.222. The minimum atomic E-state index is 1.02. The molecule has 0 amide bonds. The second-order valence-corrected chi connectivity index (χ2v) is 2.77. The molecule has 0 aliphatic carbocycles. The van der Waals surface area contributed by atoms with Crippen LogP contribution in [-0.4, -0.2) is 16.6 Å². The maximum absolute atomic E-state index is 4.27. The van der Waals surface area contributed by atoms with E-state index in [9.17, 15) is 0 Å². The first-order valence-electron chi connectivity index (χ1n) is 3.90. The Labute approximate surface area is 71.0 Å². The zero-order valence-corrected chi connectivity index (χ0v) is 7.20. The van der Waals surface area contributed by atoms with Crippen LogP contribution >= 0.6 is 0 Å². The molecule has 0 aromatic carbocycles. The zero-order chi connectivity index (χ0) is 8.55. The van der Waals surface area contributed by atoms with Crippen molar-refractivity contribution < 1.29 is 0 Å². The van der Waals surface area contributed by atoms with Crippen molar-refractivity contribution in [2.24, 2.45) is 7.05 Å². The van der Waals surface area contributed by atoms with Crippen LogP contribution in [0.5, 0.6) is 0 Å². The third-order valence-corrected chi connectivity index (χ3v) is 2.04. The molecule has 2 heterocycles. The Morgan fingerprint density at radius 3 is 3.00 bits per heavy atom. The molecule has 0 atom stereocenters. The number of hydrogen-bond acceptors (Lipinski definition) is 2. The molecule has 0 saturated carbocycles. The van der Waals surface area contributed by atoms with E-state index in [-0.39, 0.29) is 0 Å². The van der Waals surface area contributed by atoms with Crippen LogP contribution in [0.2, 0.25) is 0 Å². The van der Waals surface area contributed by atoms with Gasteiger partial charge >= 0.3 is 0 Å². The number of anilines is 1. The number of fused-ring (bicyclic) bond motifs is 1. The van der Waals surface area contributed by atoms with E-state index < -0.39 is 0 Å². The van der Waals surface area contributed by atoms with Crippen LogP contribution in [-0.2, 0) is 7.05 Å². The van der Waals surface area contributed by atoms with Gasteiger partial charge < -0.3 is 9.88 Å². The molecule has 0 unspecified atom stereocenters. The molecule has 3 heteroatoms. The number of nitrogens with one attached hydrogen (secondary N) is 1. The Bertz CT molecular complexity index is 403. The number of nitrogens with zero attached hydrogens (tertiary/aromatic N) is 2. The lowest BCUT2D eigenvalue weighted by Crippen LogP contribution is -1.91. The van der Waals surface area contributed by atoms with Crippen molar-refractivity contribution in [3.63, 3.8) is 0 Å². The molecule has 0 fully saturated rings. The van der Waals surface area contributed by atoms with Gasteiger partial charge in [0.25, 0.3) is 0 Å². The molecule has 0 bridgehead atoms. The summed E-state index contributed by atoms with van der Waals surface area (Å²) in [5, 5.41) is 4.30. The summed E-state index contributed by atoms with van der Waals surface area (Å²) < 4.78 is 2.01. The maximum atomic E-state index is 4.27. The van der Waals surface area contributed by atoms with Gasteiger partial charge in [0.05, 0.1) is 0 Å². The van der Waals surface area contributed by atoms with E-state index in [0.29, 0.717) is 0 Å². The third-order valence-electron chi connectivity index (χ3n) is 2.04. The monoisotopic (exact) mass is 161 g/mol. The fourth-order valence-electron chi connectivity index (χ4n) is 1.38. The van der Waals surface area contributed by atoms with Crippen molar-refractivity contribution in [1.82, 2.24) is 9.55 Å². The number of pyridine rings is 1. The lowest BCUT2D eigenvalue weighted by molar-refractivity contribution is 0.948. The van der Waals surface area contributed by atoms with Crippen molar-refractivity contribution in [3.8, 4) is 0 Å². The first-order valence-corrected chi connectivity index (χ1v) is 3.90. The average molecular weight is 161 g/mol. The van der Waals surface area contributed by atoms with Crippen LogP contribution in [0.3, 0.4) is 0 Å². The van der Waals surface area contributed by atoms with Gasteiger partial charge in [-0.15, -0.1) is 0 Å². The second-order valence-electron chi connectivity index (χ2n) is 2.77. The predicted molar refractivity (Wildman–Crippen MR) is 50.3 cm³/mol. The van der Waals surface area contributed by atoms with Crippen molar-refractivity contribution >= 4 is 16.7 Å².